The molecule has 1 aliphatic heterocycles. The highest BCUT2D eigenvalue weighted by Crippen LogP contribution is 2.44. The normalized spacial score (nSPS) is 22.3. The van der Waals surface area contributed by atoms with Gasteiger partial charge in [-0.25, -0.2) is 9.37 Å². The number of halogens is 4. The van der Waals surface area contributed by atoms with Gasteiger partial charge in [0.05, 0.1) is 10.9 Å². The Labute approximate surface area is 186 Å². The molecule has 2 fully saturated rings. The molecule has 0 spiro atoms. The average Bonchev–Trinajstić information content (AvgIpc) is 3.44. The molecule has 172 valence electrons. The summed E-state index contributed by atoms with van der Waals surface area (Å²) in [7, 11) is 3.55. The number of nitrogens with one attached hydrogen (secondary N) is 1. The zero-order chi connectivity index (χ0) is 23.2. The summed E-state index contributed by atoms with van der Waals surface area (Å²) in [5.74, 6) is -2.86. The summed E-state index contributed by atoms with van der Waals surface area (Å²) < 4.78 is 51.8. The second kappa shape index (κ2) is 8.34. The first kappa shape index (κ1) is 22.5. The van der Waals surface area contributed by atoms with Crippen molar-refractivity contribution < 1.29 is 27.2 Å². The number of benzene rings is 1. The van der Waals surface area contributed by atoms with E-state index in [4.69, 9.17) is 0 Å². The predicted molar refractivity (Wildman–Crippen MR) is 112 cm³/mol. The van der Waals surface area contributed by atoms with E-state index in [1.54, 1.807) is 36.0 Å². The van der Waals surface area contributed by atoms with Crippen molar-refractivity contribution in [3.63, 3.8) is 0 Å². The number of fused-ring (bicyclic) bond motifs is 2. The topological polar surface area (TPSA) is 65.5 Å². The van der Waals surface area contributed by atoms with Gasteiger partial charge in [0.25, 0.3) is 5.91 Å². The highest BCUT2D eigenvalue weighted by molar-refractivity contribution is 7.19. The van der Waals surface area contributed by atoms with Gasteiger partial charge < -0.3 is 15.1 Å². The van der Waals surface area contributed by atoms with Gasteiger partial charge in [-0.15, -0.1) is 0 Å². The first-order valence-electron chi connectivity index (χ1n) is 10.2. The number of amides is 2. The molecule has 1 N–H and O–H groups in total. The summed E-state index contributed by atoms with van der Waals surface area (Å²) in [6.45, 7) is -0.273. The van der Waals surface area contributed by atoms with Crippen molar-refractivity contribution in [3.05, 3.63) is 35.8 Å². The van der Waals surface area contributed by atoms with E-state index in [0.29, 0.717) is 22.0 Å². The van der Waals surface area contributed by atoms with Gasteiger partial charge in [0.1, 0.15) is 11.5 Å². The van der Waals surface area contributed by atoms with Gasteiger partial charge >= 0.3 is 12.1 Å². The second-order valence-corrected chi connectivity index (χ2v) is 9.27. The smallest absolute Gasteiger partial charge is 0.354 e. The molecule has 3 atom stereocenters. The molecule has 2 amide bonds. The Morgan fingerprint density at radius 2 is 2.03 bits per heavy atom. The summed E-state index contributed by atoms with van der Waals surface area (Å²) in [5, 5.41) is 2.48. The summed E-state index contributed by atoms with van der Waals surface area (Å²) in [6.07, 6.45) is -2.76. The minimum absolute atomic E-state index is 0.0158. The first-order chi connectivity index (χ1) is 15.1. The number of alkyl halides is 3. The summed E-state index contributed by atoms with van der Waals surface area (Å²) in [5.41, 5.74) is 0.647. The predicted octanol–water partition coefficient (Wildman–Crippen LogP) is 3.69. The fraction of sp³-hybridized carbons (Fsp3) is 0.476. The number of anilines is 1. The van der Waals surface area contributed by atoms with Crippen LogP contribution in [0.15, 0.2) is 24.3 Å². The molecule has 4 rings (SSSR count). The van der Waals surface area contributed by atoms with E-state index in [1.165, 1.54) is 23.5 Å². The molecule has 1 aromatic carbocycles. The lowest BCUT2D eigenvalue weighted by Crippen LogP contribution is -2.52. The van der Waals surface area contributed by atoms with Crippen LogP contribution in [0.5, 0.6) is 0 Å². The fourth-order valence-corrected chi connectivity index (χ4v) is 5.54. The number of piperidine rings is 1. The SMILES string of the molecule is CN(C)c1nc(C(=O)N2C3CCC(C3)C2CNC(=O)C(F)(F)F)c(-c2cccc(F)c2)s1. The molecule has 2 bridgehead atoms. The third-order valence-electron chi connectivity index (χ3n) is 5.99. The molecule has 32 heavy (non-hydrogen) atoms. The van der Waals surface area contributed by atoms with Crippen LogP contribution in [0.2, 0.25) is 0 Å². The van der Waals surface area contributed by atoms with Crippen molar-refractivity contribution in [2.45, 2.75) is 37.5 Å². The zero-order valence-electron chi connectivity index (χ0n) is 17.4. The first-order valence-corrected chi connectivity index (χ1v) is 11.0. The second-order valence-electron chi connectivity index (χ2n) is 8.29. The molecule has 0 radical (unpaired) electrons. The monoisotopic (exact) mass is 470 g/mol. The number of rotatable bonds is 5. The summed E-state index contributed by atoms with van der Waals surface area (Å²) in [4.78, 5) is 33.2. The molecular formula is C21H22F4N4O2S. The van der Waals surface area contributed by atoms with Crippen molar-refractivity contribution in [2.24, 2.45) is 5.92 Å². The number of carbonyl (C=O) groups is 2. The number of likely N-dealkylation sites (tertiary alicyclic amines) is 1. The fourth-order valence-electron chi connectivity index (χ4n) is 4.56. The number of aromatic nitrogens is 1. The van der Waals surface area contributed by atoms with Gasteiger partial charge in [0, 0.05) is 26.7 Å². The van der Waals surface area contributed by atoms with Crippen molar-refractivity contribution in [3.8, 4) is 10.4 Å². The van der Waals surface area contributed by atoms with E-state index in [2.05, 4.69) is 4.98 Å². The van der Waals surface area contributed by atoms with Crippen LogP contribution in [0, 0.1) is 11.7 Å². The van der Waals surface area contributed by atoms with E-state index in [1.807, 2.05) is 5.32 Å². The minimum atomic E-state index is -4.98. The molecule has 3 unspecified atom stereocenters. The maximum absolute atomic E-state index is 13.9. The molecular weight excluding hydrogens is 448 g/mol. The van der Waals surface area contributed by atoms with Gasteiger partial charge in [-0.05, 0) is 42.9 Å². The molecule has 11 heteroatoms. The Bertz CT molecular complexity index is 1040. The third kappa shape index (κ3) is 4.17. The van der Waals surface area contributed by atoms with E-state index in [-0.39, 0.29) is 24.2 Å². The van der Waals surface area contributed by atoms with Crippen molar-refractivity contribution in [2.75, 3.05) is 25.5 Å². The molecule has 1 saturated heterocycles. The Balaban J connectivity index is 1.66. The van der Waals surface area contributed by atoms with E-state index in [9.17, 15) is 27.2 Å². The molecule has 6 nitrogen and oxygen atoms in total. The zero-order valence-corrected chi connectivity index (χ0v) is 18.3. The van der Waals surface area contributed by atoms with Crippen molar-refractivity contribution in [1.29, 1.82) is 0 Å². The van der Waals surface area contributed by atoms with Gasteiger partial charge in [-0.1, -0.05) is 23.5 Å². The number of carbonyl (C=O) groups excluding carboxylic acids is 2. The van der Waals surface area contributed by atoms with E-state index in [0.717, 1.165) is 12.8 Å². The van der Waals surface area contributed by atoms with E-state index < -0.39 is 29.8 Å². The Hall–Kier alpha value is -2.69. The van der Waals surface area contributed by atoms with Gasteiger partial charge in [-0.3, -0.25) is 9.59 Å². The Kier molecular flexibility index (Phi) is 5.87. The molecule has 1 aromatic heterocycles. The maximum atomic E-state index is 13.9. The Morgan fingerprint density at radius 1 is 1.28 bits per heavy atom. The van der Waals surface area contributed by atoms with Gasteiger partial charge in [0.2, 0.25) is 0 Å². The van der Waals surface area contributed by atoms with Crippen LogP contribution in [0.1, 0.15) is 29.8 Å². The third-order valence-corrected chi connectivity index (χ3v) is 7.26. The van der Waals surface area contributed by atoms with Crippen LogP contribution in [-0.4, -0.2) is 60.6 Å². The van der Waals surface area contributed by atoms with Crippen LogP contribution in [0.4, 0.5) is 22.7 Å². The molecule has 1 saturated carbocycles. The average molecular weight is 470 g/mol. The molecule has 2 heterocycles. The molecule has 2 aromatic rings. The lowest BCUT2D eigenvalue weighted by molar-refractivity contribution is -0.173. The number of hydrogen-bond acceptors (Lipinski definition) is 5. The lowest BCUT2D eigenvalue weighted by atomic mass is 9.98. The minimum Gasteiger partial charge on any atom is -0.354 e. The van der Waals surface area contributed by atoms with Crippen LogP contribution >= 0.6 is 11.3 Å². The standard InChI is InChI=1S/C21H22F4N4O2S/c1-28(2)20-27-16(17(32-20)12-4-3-5-13(22)8-12)18(30)29-14-7-6-11(9-14)15(29)10-26-19(31)21(23,24)25/h3-5,8,11,14-15H,6-7,9-10H2,1-2H3,(H,26,31). The summed E-state index contributed by atoms with van der Waals surface area (Å²) in [6, 6.07) is 5.19. The molecule has 1 aliphatic carbocycles. The van der Waals surface area contributed by atoms with Gasteiger partial charge in [0.15, 0.2) is 5.13 Å². The van der Waals surface area contributed by atoms with E-state index >= 15 is 0 Å². The van der Waals surface area contributed by atoms with Gasteiger partial charge in [-0.2, -0.15) is 13.2 Å². The highest BCUT2D eigenvalue weighted by atomic mass is 32.1. The maximum Gasteiger partial charge on any atom is 0.471 e. The number of hydrogen-bond donors (Lipinski definition) is 1. The van der Waals surface area contributed by atoms with Crippen LogP contribution in [0.25, 0.3) is 10.4 Å². The number of nitrogens with zero attached hydrogens (tertiary/aromatic N) is 3. The molecule has 2 aliphatic rings. The number of thiazole rings is 1. The van der Waals surface area contributed by atoms with Crippen LogP contribution < -0.4 is 10.2 Å². The quantitative estimate of drug-likeness (QED) is 0.677. The van der Waals surface area contributed by atoms with Crippen molar-refractivity contribution >= 4 is 28.3 Å². The van der Waals surface area contributed by atoms with Crippen molar-refractivity contribution in [1.82, 2.24) is 15.2 Å². The largest absolute Gasteiger partial charge is 0.471 e. The van der Waals surface area contributed by atoms with Crippen LogP contribution in [-0.2, 0) is 4.79 Å². The Morgan fingerprint density at radius 3 is 2.69 bits per heavy atom. The lowest BCUT2D eigenvalue weighted by Gasteiger charge is -2.35. The van der Waals surface area contributed by atoms with Crippen LogP contribution in [0.3, 0.4) is 0 Å². The highest BCUT2D eigenvalue weighted by Gasteiger charge is 2.50. The summed E-state index contributed by atoms with van der Waals surface area (Å²) >= 11 is 1.24.